The first-order valence-electron chi connectivity index (χ1n) is 7.61. The number of nitrogens with zero attached hydrogens (tertiary/aromatic N) is 1. The van der Waals surface area contributed by atoms with Gasteiger partial charge < -0.3 is 16.0 Å². The first-order valence-corrected chi connectivity index (χ1v) is 7.61. The second-order valence-corrected chi connectivity index (χ2v) is 5.34. The number of hydrogen-bond donors (Lipinski definition) is 3. The van der Waals surface area contributed by atoms with E-state index in [4.69, 9.17) is 0 Å². The van der Waals surface area contributed by atoms with Crippen LogP contribution in [-0.4, -0.2) is 31.0 Å². The molecule has 1 aromatic carbocycles. The zero-order valence-electron chi connectivity index (χ0n) is 13.2. The molecule has 0 bridgehead atoms. The van der Waals surface area contributed by atoms with Crippen LogP contribution < -0.4 is 16.0 Å². The minimum atomic E-state index is -0.0119. The molecule has 3 N–H and O–H groups in total. The minimum Gasteiger partial charge on any atom is -0.356 e. The van der Waals surface area contributed by atoms with Crippen molar-refractivity contribution in [3.05, 3.63) is 35.4 Å². The fourth-order valence-corrected chi connectivity index (χ4v) is 2.02. The van der Waals surface area contributed by atoms with Crippen molar-refractivity contribution < 1.29 is 4.79 Å². The summed E-state index contributed by atoms with van der Waals surface area (Å²) in [6, 6.07) is 7.88. The van der Waals surface area contributed by atoms with Crippen LogP contribution in [0.2, 0.25) is 0 Å². The van der Waals surface area contributed by atoms with E-state index in [1.54, 1.807) is 0 Å². The van der Waals surface area contributed by atoms with Crippen molar-refractivity contribution in [1.29, 1.82) is 0 Å². The van der Waals surface area contributed by atoms with Gasteiger partial charge in [-0.1, -0.05) is 19.1 Å². The minimum absolute atomic E-state index is 0. The Morgan fingerprint density at radius 3 is 2.68 bits per heavy atom. The SMILES string of the molecule is CCC(C)NC(=O)c1ccc(CNC2=NCCCN2)cc1.I. The molecule has 0 aliphatic carbocycles. The van der Waals surface area contributed by atoms with E-state index in [2.05, 4.69) is 27.9 Å². The van der Waals surface area contributed by atoms with Gasteiger partial charge in [0.25, 0.3) is 5.91 Å². The number of nitrogens with one attached hydrogen (secondary N) is 3. The zero-order valence-corrected chi connectivity index (χ0v) is 15.5. The van der Waals surface area contributed by atoms with Gasteiger partial charge in [-0.25, -0.2) is 0 Å². The lowest BCUT2D eigenvalue weighted by atomic mass is 10.1. The summed E-state index contributed by atoms with van der Waals surface area (Å²) in [6.07, 6.45) is 2.02. The Hall–Kier alpha value is -1.31. The summed E-state index contributed by atoms with van der Waals surface area (Å²) in [7, 11) is 0. The Balaban J connectivity index is 0.00000242. The molecule has 0 saturated carbocycles. The summed E-state index contributed by atoms with van der Waals surface area (Å²) in [6.45, 7) is 6.62. The molecule has 1 heterocycles. The van der Waals surface area contributed by atoms with Crippen molar-refractivity contribution in [3.8, 4) is 0 Å². The lowest BCUT2D eigenvalue weighted by Crippen LogP contribution is -2.40. The molecule has 122 valence electrons. The van der Waals surface area contributed by atoms with Gasteiger partial charge in [0.15, 0.2) is 5.96 Å². The molecule has 1 aromatic rings. The van der Waals surface area contributed by atoms with Crippen LogP contribution in [0.4, 0.5) is 0 Å². The van der Waals surface area contributed by atoms with Crippen molar-refractivity contribution in [3.63, 3.8) is 0 Å². The molecule has 22 heavy (non-hydrogen) atoms. The van der Waals surface area contributed by atoms with E-state index >= 15 is 0 Å². The topological polar surface area (TPSA) is 65.5 Å². The van der Waals surface area contributed by atoms with E-state index in [9.17, 15) is 4.79 Å². The van der Waals surface area contributed by atoms with Crippen molar-refractivity contribution in [2.45, 2.75) is 39.3 Å². The molecular weight excluding hydrogens is 391 g/mol. The van der Waals surface area contributed by atoms with Gasteiger partial charge in [-0.2, -0.15) is 0 Å². The van der Waals surface area contributed by atoms with E-state index < -0.39 is 0 Å². The van der Waals surface area contributed by atoms with Gasteiger partial charge in [-0.3, -0.25) is 9.79 Å². The van der Waals surface area contributed by atoms with Crippen LogP contribution in [0.1, 0.15) is 42.6 Å². The highest BCUT2D eigenvalue weighted by Gasteiger charge is 2.08. The number of halogens is 1. The average Bonchev–Trinajstić information content (AvgIpc) is 2.54. The Labute approximate surface area is 149 Å². The maximum atomic E-state index is 12.0. The molecule has 0 spiro atoms. The number of benzene rings is 1. The first-order chi connectivity index (χ1) is 10.2. The number of carbonyl (C=O) groups excluding carboxylic acids is 1. The number of hydrogen-bond acceptors (Lipinski definition) is 4. The molecule has 1 amide bonds. The third-order valence-electron chi connectivity index (χ3n) is 3.56. The molecular formula is C16H25IN4O. The summed E-state index contributed by atoms with van der Waals surface area (Å²) in [5.41, 5.74) is 1.83. The average molecular weight is 416 g/mol. The molecule has 1 aliphatic heterocycles. The highest BCUT2D eigenvalue weighted by Crippen LogP contribution is 2.05. The second-order valence-electron chi connectivity index (χ2n) is 5.34. The Morgan fingerprint density at radius 2 is 2.09 bits per heavy atom. The van der Waals surface area contributed by atoms with Crippen molar-refractivity contribution in [1.82, 2.24) is 16.0 Å². The lowest BCUT2D eigenvalue weighted by Gasteiger charge is -2.16. The molecule has 1 unspecified atom stereocenters. The number of guanidine groups is 1. The molecule has 1 atom stereocenters. The maximum Gasteiger partial charge on any atom is 0.251 e. The van der Waals surface area contributed by atoms with Gasteiger partial charge in [0.2, 0.25) is 0 Å². The zero-order chi connectivity index (χ0) is 15.1. The van der Waals surface area contributed by atoms with Gasteiger partial charge in [-0.15, -0.1) is 24.0 Å². The van der Waals surface area contributed by atoms with Crippen molar-refractivity contribution in [2.24, 2.45) is 4.99 Å². The molecule has 0 aromatic heterocycles. The van der Waals surface area contributed by atoms with Crippen LogP contribution in [0.3, 0.4) is 0 Å². The maximum absolute atomic E-state index is 12.0. The number of amides is 1. The van der Waals surface area contributed by atoms with Gasteiger partial charge >= 0.3 is 0 Å². The summed E-state index contributed by atoms with van der Waals surface area (Å²) in [5.74, 6) is 0.849. The Morgan fingerprint density at radius 1 is 1.36 bits per heavy atom. The highest BCUT2D eigenvalue weighted by molar-refractivity contribution is 14.0. The van der Waals surface area contributed by atoms with Crippen LogP contribution in [-0.2, 0) is 6.54 Å². The lowest BCUT2D eigenvalue weighted by molar-refractivity contribution is 0.0939. The highest BCUT2D eigenvalue weighted by atomic mass is 127. The van der Waals surface area contributed by atoms with Gasteiger partial charge in [0.05, 0.1) is 0 Å². The molecule has 2 rings (SSSR count). The summed E-state index contributed by atoms with van der Waals surface area (Å²) >= 11 is 0. The predicted octanol–water partition coefficient (Wildman–Crippen LogP) is 2.27. The van der Waals surface area contributed by atoms with E-state index in [-0.39, 0.29) is 35.9 Å². The Kier molecular flexibility index (Phi) is 8.22. The standard InChI is InChI=1S/C16H24N4O.HI/c1-3-12(2)20-15(21)14-7-5-13(6-8-14)11-19-16-17-9-4-10-18-16;/h5-8,12H,3-4,9-11H2,1-2H3,(H,20,21)(H2,17,18,19);1H. The van der Waals surface area contributed by atoms with Gasteiger partial charge in [0, 0.05) is 31.2 Å². The molecule has 0 radical (unpaired) electrons. The number of rotatable bonds is 5. The molecule has 5 nitrogen and oxygen atoms in total. The predicted molar refractivity (Wildman–Crippen MR) is 101 cm³/mol. The van der Waals surface area contributed by atoms with E-state index in [1.807, 2.05) is 31.2 Å². The summed E-state index contributed by atoms with van der Waals surface area (Å²) in [4.78, 5) is 16.3. The van der Waals surface area contributed by atoms with Crippen LogP contribution in [0, 0.1) is 0 Å². The summed E-state index contributed by atoms with van der Waals surface area (Å²) in [5, 5.41) is 9.45. The van der Waals surface area contributed by atoms with Crippen molar-refractivity contribution in [2.75, 3.05) is 13.1 Å². The van der Waals surface area contributed by atoms with E-state index in [0.717, 1.165) is 37.5 Å². The largest absolute Gasteiger partial charge is 0.356 e. The van der Waals surface area contributed by atoms with E-state index in [0.29, 0.717) is 12.1 Å². The smallest absolute Gasteiger partial charge is 0.251 e. The first kappa shape index (κ1) is 18.7. The van der Waals surface area contributed by atoms with Crippen molar-refractivity contribution >= 4 is 35.8 Å². The molecule has 1 aliphatic rings. The Bertz CT molecular complexity index is 501. The number of aliphatic imine (C=N–C) groups is 1. The second kappa shape index (κ2) is 9.66. The fourth-order valence-electron chi connectivity index (χ4n) is 2.02. The quantitative estimate of drug-likeness (QED) is 0.646. The number of carbonyl (C=O) groups is 1. The third-order valence-corrected chi connectivity index (χ3v) is 3.56. The summed E-state index contributed by atoms with van der Waals surface area (Å²) < 4.78 is 0. The van der Waals surface area contributed by atoms with Crippen LogP contribution in [0.5, 0.6) is 0 Å². The monoisotopic (exact) mass is 416 g/mol. The molecule has 6 heteroatoms. The van der Waals surface area contributed by atoms with Gasteiger partial charge in [-0.05, 0) is 37.5 Å². The molecule has 0 fully saturated rings. The molecule has 0 saturated heterocycles. The van der Waals surface area contributed by atoms with Crippen LogP contribution in [0.15, 0.2) is 29.3 Å². The fraction of sp³-hybridized carbons (Fsp3) is 0.500. The van der Waals surface area contributed by atoms with E-state index in [1.165, 1.54) is 0 Å². The normalized spacial score (nSPS) is 14.9. The third kappa shape index (κ3) is 5.82. The van der Waals surface area contributed by atoms with Crippen LogP contribution in [0.25, 0.3) is 0 Å². The van der Waals surface area contributed by atoms with Crippen LogP contribution >= 0.6 is 24.0 Å². The van der Waals surface area contributed by atoms with Gasteiger partial charge in [0.1, 0.15) is 0 Å².